The summed E-state index contributed by atoms with van der Waals surface area (Å²) in [5.74, 6) is 0. The molecule has 0 spiro atoms. The van der Waals surface area contributed by atoms with Crippen LogP contribution in [0.4, 0.5) is 5.69 Å². The minimum atomic E-state index is -0.430. The molecule has 0 heterocycles. The fraction of sp³-hybridized carbons (Fsp3) is 0.111. The first-order chi connectivity index (χ1) is 5.65. The predicted octanol–water partition coefficient (Wildman–Crippen LogP) is 2.24. The fourth-order valence-electron chi connectivity index (χ4n) is 0.914. The molecular formula is C9H8NO2. The Morgan fingerprint density at radius 1 is 1.58 bits per heavy atom. The van der Waals surface area contributed by atoms with E-state index in [-0.39, 0.29) is 5.69 Å². The zero-order valence-corrected chi connectivity index (χ0v) is 6.70. The second kappa shape index (κ2) is 3.17. The second-order valence-electron chi connectivity index (χ2n) is 2.43. The van der Waals surface area contributed by atoms with E-state index in [9.17, 15) is 10.1 Å². The Labute approximate surface area is 70.5 Å². The van der Waals surface area contributed by atoms with Crippen LogP contribution in [0.15, 0.2) is 24.8 Å². The van der Waals surface area contributed by atoms with Crippen LogP contribution in [0, 0.1) is 23.1 Å². The maximum atomic E-state index is 10.3. The highest BCUT2D eigenvalue weighted by molar-refractivity contribution is 5.41. The van der Waals surface area contributed by atoms with Crippen molar-refractivity contribution in [3.63, 3.8) is 0 Å². The number of aryl methyl sites for hydroxylation is 1. The number of rotatable bonds is 2. The van der Waals surface area contributed by atoms with Gasteiger partial charge < -0.3 is 0 Å². The molecule has 0 unspecified atom stereocenters. The average Bonchev–Trinajstić information content (AvgIpc) is 2.05. The molecule has 0 N–H and O–H groups in total. The number of non-ortho nitro benzene ring substituents is 1. The average molecular weight is 162 g/mol. The van der Waals surface area contributed by atoms with E-state index in [4.69, 9.17) is 0 Å². The van der Waals surface area contributed by atoms with E-state index in [1.54, 1.807) is 6.07 Å². The molecule has 61 valence electrons. The van der Waals surface area contributed by atoms with Crippen molar-refractivity contribution in [1.29, 1.82) is 0 Å². The summed E-state index contributed by atoms with van der Waals surface area (Å²) in [6, 6.07) is 4.62. The van der Waals surface area contributed by atoms with E-state index < -0.39 is 4.92 Å². The lowest BCUT2D eigenvalue weighted by molar-refractivity contribution is -0.384. The van der Waals surface area contributed by atoms with Gasteiger partial charge in [-0.1, -0.05) is 12.6 Å². The minimum Gasteiger partial charge on any atom is -0.258 e. The van der Waals surface area contributed by atoms with E-state index in [1.807, 2.05) is 6.92 Å². The van der Waals surface area contributed by atoms with Gasteiger partial charge in [-0.25, -0.2) is 0 Å². The smallest absolute Gasteiger partial charge is 0.258 e. The van der Waals surface area contributed by atoms with Gasteiger partial charge in [-0.05, 0) is 24.1 Å². The van der Waals surface area contributed by atoms with Gasteiger partial charge in [0, 0.05) is 12.1 Å². The van der Waals surface area contributed by atoms with Crippen LogP contribution in [0.2, 0.25) is 0 Å². The SMILES string of the molecule is C=[C]c1cc([N+](=O)[O-])ccc1C. The molecule has 1 aromatic rings. The summed E-state index contributed by atoms with van der Waals surface area (Å²) in [4.78, 5) is 9.91. The van der Waals surface area contributed by atoms with Gasteiger partial charge in [0.15, 0.2) is 0 Å². The third-order valence-corrected chi connectivity index (χ3v) is 1.62. The largest absolute Gasteiger partial charge is 0.270 e. The zero-order valence-electron chi connectivity index (χ0n) is 6.70. The first-order valence-corrected chi connectivity index (χ1v) is 3.43. The van der Waals surface area contributed by atoms with Crippen LogP contribution in [-0.4, -0.2) is 4.92 Å². The number of hydrogen-bond acceptors (Lipinski definition) is 2. The lowest BCUT2D eigenvalue weighted by atomic mass is 10.1. The molecule has 0 aliphatic heterocycles. The molecule has 0 aromatic heterocycles. The third-order valence-electron chi connectivity index (χ3n) is 1.62. The lowest BCUT2D eigenvalue weighted by Gasteiger charge is -1.97. The Kier molecular flexibility index (Phi) is 2.24. The highest BCUT2D eigenvalue weighted by Gasteiger charge is 2.05. The van der Waals surface area contributed by atoms with Crippen LogP contribution in [0.5, 0.6) is 0 Å². The van der Waals surface area contributed by atoms with Crippen LogP contribution in [-0.2, 0) is 0 Å². The summed E-state index contributed by atoms with van der Waals surface area (Å²) in [5.41, 5.74) is 1.70. The quantitative estimate of drug-likeness (QED) is 0.494. The van der Waals surface area contributed by atoms with Crippen molar-refractivity contribution in [2.24, 2.45) is 0 Å². The zero-order chi connectivity index (χ0) is 9.14. The Balaban J connectivity index is 3.22. The number of nitro groups is 1. The highest BCUT2D eigenvalue weighted by Crippen LogP contribution is 2.16. The van der Waals surface area contributed by atoms with Crippen LogP contribution in [0.25, 0.3) is 0 Å². The first-order valence-electron chi connectivity index (χ1n) is 3.43. The van der Waals surface area contributed by atoms with Crippen LogP contribution in [0.3, 0.4) is 0 Å². The number of hydrogen-bond donors (Lipinski definition) is 0. The molecule has 3 heteroatoms. The Bertz CT molecular complexity index is 331. The standard InChI is InChI=1S/C9H8NO2/c1-3-8-6-9(10(11)12)5-4-7(8)2/h4-6H,1H2,2H3. The summed E-state index contributed by atoms with van der Waals surface area (Å²) in [5, 5.41) is 10.3. The molecule has 0 fully saturated rings. The van der Waals surface area contributed by atoms with Gasteiger partial charge in [0.1, 0.15) is 0 Å². The van der Waals surface area contributed by atoms with E-state index in [0.29, 0.717) is 5.56 Å². The molecule has 3 nitrogen and oxygen atoms in total. The third kappa shape index (κ3) is 1.50. The number of nitro benzene ring substituents is 1. The van der Waals surface area contributed by atoms with Crippen LogP contribution < -0.4 is 0 Å². The lowest BCUT2D eigenvalue weighted by Crippen LogP contribution is -1.89. The van der Waals surface area contributed by atoms with Crippen molar-refractivity contribution < 1.29 is 4.92 Å². The molecule has 12 heavy (non-hydrogen) atoms. The van der Waals surface area contributed by atoms with Gasteiger partial charge in [-0.15, -0.1) is 0 Å². The molecule has 1 radical (unpaired) electrons. The summed E-state index contributed by atoms with van der Waals surface area (Å²) in [6.07, 6.45) is 2.64. The Morgan fingerprint density at radius 2 is 2.25 bits per heavy atom. The van der Waals surface area contributed by atoms with Gasteiger partial charge in [-0.2, -0.15) is 0 Å². The Morgan fingerprint density at radius 3 is 2.75 bits per heavy atom. The van der Waals surface area contributed by atoms with Crippen molar-refractivity contribution in [2.75, 3.05) is 0 Å². The normalized spacial score (nSPS) is 9.42. The van der Waals surface area contributed by atoms with Crippen molar-refractivity contribution in [1.82, 2.24) is 0 Å². The molecule has 0 bridgehead atoms. The fourth-order valence-corrected chi connectivity index (χ4v) is 0.914. The highest BCUT2D eigenvalue weighted by atomic mass is 16.6. The summed E-state index contributed by atoms with van der Waals surface area (Å²) in [7, 11) is 0. The van der Waals surface area contributed by atoms with Gasteiger partial charge in [-0.3, -0.25) is 10.1 Å². The molecule has 1 aromatic carbocycles. The molecule has 0 atom stereocenters. The van der Waals surface area contributed by atoms with E-state index >= 15 is 0 Å². The molecular weight excluding hydrogens is 154 g/mol. The minimum absolute atomic E-state index is 0.0757. The number of benzene rings is 1. The van der Waals surface area contributed by atoms with Crippen molar-refractivity contribution in [2.45, 2.75) is 6.92 Å². The molecule has 0 saturated carbocycles. The number of nitrogens with zero attached hydrogens (tertiary/aromatic N) is 1. The molecule has 0 aliphatic carbocycles. The van der Waals surface area contributed by atoms with Crippen molar-refractivity contribution >= 4 is 5.69 Å². The summed E-state index contributed by atoms with van der Waals surface area (Å²) >= 11 is 0. The van der Waals surface area contributed by atoms with Crippen molar-refractivity contribution in [3.8, 4) is 0 Å². The summed E-state index contributed by atoms with van der Waals surface area (Å²) in [6.45, 7) is 5.30. The monoisotopic (exact) mass is 162 g/mol. The van der Waals surface area contributed by atoms with Crippen LogP contribution >= 0.6 is 0 Å². The molecule has 0 amide bonds. The maximum absolute atomic E-state index is 10.3. The van der Waals surface area contributed by atoms with Gasteiger partial charge in [0.05, 0.1) is 4.92 Å². The van der Waals surface area contributed by atoms with Gasteiger partial charge in [0.2, 0.25) is 0 Å². The Hall–Kier alpha value is -1.64. The topological polar surface area (TPSA) is 43.1 Å². The van der Waals surface area contributed by atoms with Gasteiger partial charge in [0.25, 0.3) is 5.69 Å². The van der Waals surface area contributed by atoms with E-state index in [0.717, 1.165) is 5.56 Å². The van der Waals surface area contributed by atoms with Gasteiger partial charge >= 0.3 is 0 Å². The molecule has 0 aliphatic rings. The van der Waals surface area contributed by atoms with E-state index in [2.05, 4.69) is 12.7 Å². The first kappa shape index (κ1) is 8.46. The molecule has 1 rings (SSSR count). The predicted molar refractivity (Wildman–Crippen MR) is 45.8 cm³/mol. The van der Waals surface area contributed by atoms with Crippen molar-refractivity contribution in [3.05, 3.63) is 52.1 Å². The maximum Gasteiger partial charge on any atom is 0.270 e. The van der Waals surface area contributed by atoms with E-state index in [1.165, 1.54) is 12.1 Å². The van der Waals surface area contributed by atoms with Crippen LogP contribution in [0.1, 0.15) is 11.1 Å². The second-order valence-corrected chi connectivity index (χ2v) is 2.43. The summed E-state index contributed by atoms with van der Waals surface area (Å²) < 4.78 is 0. The molecule has 0 saturated heterocycles.